The highest BCUT2D eigenvalue weighted by Crippen LogP contribution is 2.25. The molecule has 0 aliphatic rings. The monoisotopic (exact) mass is 442 g/mol. The van der Waals surface area contributed by atoms with Gasteiger partial charge in [-0.3, -0.25) is 14.4 Å². The van der Waals surface area contributed by atoms with Gasteiger partial charge in [0.2, 0.25) is 0 Å². The van der Waals surface area contributed by atoms with Crippen LogP contribution in [0.2, 0.25) is 0 Å². The number of methoxy groups -OCH3 is 1. The number of hydrogen-bond acceptors (Lipinski definition) is 6. The van der Waals surface area contributed by atoms with E-state index in [1.807, 2.05) is 13.0 Å². The van der Waals surface area contributed by atoms with Crippen molar-refractivity contribution in [2.45, 2.75) is 39.7 Å². The predicted octanol–water partition coefficient (Wildman–Crippen LogP) is 3.48. The van der Waals surface area contributed by atoms with Crippen molar-refractivity contribution in [3.05, 3.63) is 53.6 Å². The Labute approximate surface area is 188 Å². The minimum Gasteiger partial charge on any atom is -0.495 e. The zero-order valence-electron chi connectivity index (χ0n) is 18.9. The number of nitrogens with one attached hydrogen (secondary N) is 2. The van der Waals surface area contributed by atoms with Crippen molar-refractivity contribution >= 4 is 23.5 Å². The number of hydrogen-bond donors (Lipinski definition) is 2. The molecule has 32 heavy (non-hydrogen) atoms. The van der Waals surface area contributed by atoms with Crippen LogP contribution >= 0.6 is 0 Å². The Morgan fingerprint density at radius 1 is 1.06 bits per heavy atom. The zero-order chi connectivity index (χ0) is 23.5. The van der Waals surface area contributed by atoms with Crippen molar-refractivity contribution in [2.75, 3.05) is 25.6 Å². The van der Waals surface area contributed by atoms with E-state index in [1.165, 1.54) is 14.0 Å². The third kappa shape index (κ3) is 7.61. The van der Waals surface area contributed by atoms with E-state index in [-0.39, 0.29) is 6.54 Å². The van der Waals surface area contributed by atoms with Crippen LogP contribution in [-0.2, 0) is 14.3 Å². The van der Waals surface area contributed by atoms with Gasteiger partial charge in [-0.15, -0.1) is 0 Å². The van der Waals surface area contributed by atoms with E-state index >= 15 is 0 Å². The third-order valence-electron chi connectivity index (χ3n) is 4.57. The number of ether oxygens (including phenoxy) is 3. The van der Waals surface area contributed by atoms with Crippen molar-refractivity contribution in [1.29, 1.82) is 0 Å². The van der Waals surface area contributed by atoms with Gasteiger partial charge in [-0.05, 0) is 62.2 Å². The van der Waals surface area contributed by atoms with Crippen LogP contribution in [-0.4, -0.2) is 44.1 Å². The standard InChI is InChI=1S/C24H30N2O6/c1-5-6-13-31-19-10-8-18(9-11-19)24(29)25-15-22(27)32-17(3)23(28)26-20-14-16(2)7-12-21(20)30-4/h7-12,14,17H,5-6,13,15H2,1-4H3,(H,25,29)(H,26,28). The lowest BCUT2D eigenvalue weighted by Crippen LogP contribution is -2.35. The summed E-state index contributed by atoms with van der Waals surface area (Å²) in [6.07, 6.45) is 0.945. The number of rotatable bonds is 11. The van der Waals surface area contributed by atoms with Crippen molar-refractivity contribution < 1.29 is 28.6 Å². The Kier molecular flexibility index (Phi) is 9.53. The Balaban J connectivity index is 1.81. The number of carbonyl (C=O) groups excluding carboxylic acids is 3. The van der Waals surface area contributed by atoms with Gasteiger partial charge in [0.1, 0.15) is 18.0 Å². The van der Waals surface area contributed by atoms with Crippen LogP contribution in [0.4, 0.5) is 5.69 Å². The van der Waals surface area contributed by atoms with Crippen molar-refractivity contribution in [1.82, 2.24) is 5.32 Å². The summed E-state index contributed by atoms with van der Waals surface area (Å²) >= 11 is 0. The zero-order valence-corrected chi connectivity index (χ0v) is 18.9. The minimum absolute atomic E-state index is 0.362. The van der Waals surface area contributed by atoms with Crippen molar-refractivity contribution in [3.8, 4) is 11.5 Å². The fourth-order valence-corrected chi connectivity index (χ4v) is 2.74. The molecule has 1 atom stereocenters. The van der Waals surface area contributed by atoms with Gasteiger partial charge in [-0.25, -0.2) is 0 Å². The summed E-state index contributed by atoms with van der Waals surface area (Å²) in [6.45, 7) is 5.67. The highest BCUT2D eigenvalue weighted by Gasteiger charge is 2.20. The van der Waals surface area contributed by atoms with Gasteiger partial charge < -0.3 is 24.8 Å². The molecule has 8 nitrogen and oxygen atoms in total. The molecule has 2 N–H and O–H groups in total. The summed E-state index contributed by atoms with van der Waals surface area (Å²) in [5.41, 5.74) is 1.81. The van der Waals surface area contributed by atoms with Gasteiger partial charge in [-0.2, -0.15) is 0 Å². The number of amides is 2. The second-order valence-electron chi connectivity index (χ2n) is 7.23. The molecule has 172 valence electrons. The van der Waals surface area contributed by atoms with Gasteiger partial charge in [0.05, 0.1) is 19.4 Å². The van der Waals surface area contributed by atoms with E-state index in [2.05, 4.69) is 17.6 Å². The summed E-state index contributed by atoms with van der Waals surface area (Å²) in [5, 5.41) is 5.17. The summed E-state index contributed by atoms with van der Waals surface area (Å²) in [4.78, 5) is 36.7. The molecule has 0 spiro atoms. The number of unbranched alkanes of at least 4 members (excludes halogenated alkanes) is 1. The van der Waals surface area contributed by atoms with Crippen LogP contribution in [0, 0.1) is 6.92 Å². The number of carbonyl (C=O) groups is 3. The lowest BCUT2D eigenvalue weighted by molar-refractivity contribution is -0.152. The summed E-state index contributed by atoms with van der Waals surface area (Å²) in [5.74, 6) is -0.483. The molecule has 2 aromatic carbocycles. The van der Waals surface area contributed by atoms with E-state index in [0.717, 1.165) is 18.4 Å². The Bertz CT molecular complexity index is 927. The van der Waals surface area contributed by atoms with Crippen LogP contribution in [0.5, 0.6) is 11.5 Å². The quantitative estimate of drug-likeness (QED) is 0.408. The molecule has 0 aliphatic carbocycles. The third-order valence-corrected chi connectivity index (χ3v) is 4.57. The fraction of sp³-hybridized carbons (Fsp3) is 0.375. The average molecular weight is 443 g/mol. The summed E-state index contributed by atoms with van der Waals surface area (Å²) in [6, 6.07) is 12.0. The molecule has 0 saturated carbocycles. The summed E-state index contributed by atoms with van der Waals surface area (Å²) in [7, 11) is 1.50. The van der Waals surface area contributed by atoms with E-state index in [1.54, 1.807) is 36.4 Å². The van der Waals surface area contributed by atoms with Crippen LogP contribution < -0.4 is 20.1 Å². The van der Waals surface area contributed by atoms with E-state index in [9.17, 15) is 14.4 Å². The number of aryl methyl sites for hydroxylation is 1. The largest absolute Gasteiger partial charge is 0.495 e. The molecule has 2 amide bonds. The smallest absolute Gasteiger partial charge is 0.326 e. The highest BCUT2D eigenvalue weighted by atomic mass is 16.5. The molecule has 0 bridgehead atoms. The Morgan fingerprint density at radius 3 is 2.44 bits per heavy atom. The second kappa shape index (κ2) is 12.3. The maximum atomic E-state index is 12.4. The molecule has 8 heteroatoms. The van der Waals surface area contributed by atoms with Gasteiger partial charge in [0.15, 0.2) is 6.10 Å². The molecule has 2 aromatic rings. The van der Waals surface area contributed by atoms with E-state index in [4.69, 9.17) is 14.2 Å². The predicted molar refractivity (Wildman–Crippen MR) is 121 cm³/mol. The molecule has 0 radical (unpaired) electrons. The number of anilines is 1. The average Bonchev–Trinajstić information content (AvgIpc) is 2.78. The lowest BCUT2D eigenvalue weighted by Gasteiger charge is -2.16. The normalized spacial score (nSPS) is 11.2. The molecule has 2 rings (SSSR count). The topological polar surface area (TPSA) is 103 Å². The molecular formula is C24H30N2O6. The van der Waals surface area contributed by atoms with Crippen LogP contribution in [0.3, 0.4) is 0 Å². The van der Waals surface area contributed by atoms with E-state index < -0.39 is 23.9 Å². The van der Waals surface area contributed by atoms with Gasteiger partial charge in [-0.1, -0.05) is 19.4 Å². The van der Waals surface area contributed by atoms with E-state index in [0.29, 0.717) is 29.4 Å². The maximum absolute atomic E-state index is 12.4. The SMILES string of the molecule is CCCCOc1ccc(C(=O)NCC(=O)OC(C)C(=O)Nc2cc(C)ccc2OC)cc1. The molecule has 0 aromatic heterocycles. The molecule has 0 aliphatic heterocycles. The van der Waals surface area contributed by atoms with Crippen molar-refractivity contribution in [3.63, 3.8) is 0 Å². The summed E-state index contributed by atoms with van der Waals surface area (Å²) < 4.78 is 15.9. The molecule has 0 fully saturated rings. The van der Waals surface area contributed by atoms with Crippen LogP contribution in [0.15, 0.2) is 42.5 Å². The molecule has 1 unspecified atom stereocenters. The minimum atomic E-state index is -1.05. The molecule has 0 saturated heterocycles. The van der Waals surface area contributed by atoms with Gasteiger partial charge in [0.25, 0.3) is 11.8 Å². The molecular weight excluding hydrogens is 412 g/mol. The van der Waals surface area contributed by atoms with Crippen LogP contribution in [0.1, 0.15) is 42.6 Å². The van der Waals surface area contributed by atoms with Gasteiger partial charge in [0, 0.05) is 5.56 Å². The Morgan fingerprint density at radius 2 is 1.78 bits per heavy atom. The van der Waals surface area contributed by atoms with Crippen LogP contribution in [0.25, 0.3) is 0 Å². The number of esters is 1. The molecule has 0 heterocycles. The Hall–Kier alpha value is -3.55. The maximum Gasteiger partial charge on any atom is 0.326 e. The second-order valence-corrected chi connectivity index (χ2v) is 7.23. The lowest BCUT2D eigenvalue weighted by atomic mass is 10.2. The number of benzene rings is 2. The first kappa shape index (κ1) is 24.7. The highest BCUT2D eigenvalue weighted by molar-refractivity contribution is 5.98. The fourth-order valence-electron chi connectivity index (χ4n) is 2.74. The van der Waals surface area contributed by atoms with Gasteiger partial charge >= 0.3 is 5.97 Å². The first-order valence-electron chi connectivity index (χ1n) is 10.5. The van der Waals surface area contributed by atoms with Crippen molar-refractivity contribution in [2.24, 2.45) is 0 Å². The first-order chi connectivity index (χ1) is 15.3. The first-order valence-corrected chi connectivity index (χ1v) is 10.5.